The van der Waals surface area contributed by atoms with Gasteiger partial charge in [0.25, 0.3) is 0 Å². The Bertz CT molecular complexity index is 2290. The smallest absolute Gasteiger partial charge is 0.223 e. The van der Waals surface area contributed by atoms with Crippen LogP contribution in [0.4, 0.5) is 0 Å². The third kappa shape index (κ3) is 55.1. The Labute approximate surface area is 496 Å². The number of H-pyrrole nitrogens is 3. The van der Waals surface area contributed by atoms with E-state index in [4.69, 9.17) is 4.42 Å². The summed E-state index contributed by atoms with van der Waals surface area (Å²) in [5.41, 5.74) is 0. The molecule has 0 radical (unpaired) electrons. The number of aromatic amines is 3. The van der Waals surface area contributed by atoms with Crippen LogP contribution in [0.5, 0.6) is 0 Å². The Kier molecular flexibility index (Phi) is 57.9. The van der Waals surface area contributed by atoms with Gasteiger partial charge in [-0.3, -0.25) is 20.0 Å². The van der Waals surface area contributed by atoms with Crippen LogP contribution >= 0.6 is 34.4 Å². The van der Waals surface area contributed by atoms with E-state index >= 15 is 0 Å². The lowest BCUT2D eigenvalue weighted by Crippen LogP contribution is -1.83. The predicted molar refractivity (Wildman–Crippen MR) is 322 cm³/mol. The van der Waals surface area contributed by atoms with Crippen molar-refractivity contribution in [2.24, 2.45) is 14.1 Å². The first-order chi connectivity index (χ1) is 39.2. The van der Waals surface area contributed by atoms with Crippen molar-refractivity contribution >= 4 is 34.4 Å². The van der Waals surface area contributed by atoms with Crippen LogP contribution in [0, 0.1) is 104 Å². The third-order valence-electron chi connectivity index (χ3n) is 6.45. The van der Waals surface area contributed by atoms with Crippen LogP contribution in [0.15, 0.2) is 57.8 Å². The molecule has 30 nitrogen and oxygen atoms in total. The lowest BCUT2D eigenvalue weighted by Gasteiger charge is -1.74. The van der Waals surface area contributed by atoms with Gasteiger partial charge in [0.1, 0.15) is 93.4 Å². The number of hydrogen-bond donors (Lipinski definition) is 3. The summed E-state index contributed by atoms with van der Waals surface area (Å²) in [6.07, 6.45) is 10.9. The van der Waals surface area contributed by atoms with E-state index in [0.717, 1.165) is 49.2 Å². The van der Waals surface area contributed by atoms with Crippen molar-refractivity contribution in [2.75, 3.05) is 0 Å². The predicted octanol–water partition coefficient (Wildman–Crippen LogP) is 10.6. The molecule has 0 saturated carbocycles. The topological polar surface area (TPSA) is 380 Å². The fourth-order valence-electron chi connectivity index (χ4n) is 3.71. The van der Waals surface area contributed by atoms with Crippen molar-refractivity contribution in [3.05, 3.63) is 129 Å². The molecule has 33 heteroatoms. The average molecular weight is 1200 g/mol. The SMILES string of the molecule is CC.CC.CC.CC.CC.Cc1ncn[nH]1.Cc1ncn[nH]1.Cc1ncn[nH]1.Cc1nnc(C)o1.Cc1nnc(C)s1.Cc1noc(C)n1.Cc1noc(C)n1.Cc1nsc(C)n1.Cc1nsc(C)n1.Cn1cncn1.Cn1cnnc1. The normalized spacial score (nSPS) is 8.43. The maximum absolute atomic E-state index is 4.86. The van der Waals surface area contributed by atoms with Crippen molar-refractivity contribution < 1.29 is 13.5 Å². The minimum atomic E-state index is 0.623. The molecule has 0 spiro atoms. The Morgan fingerprint density at radius 1 is 0.402 bits per heavy atom. The van der Waals surface area contributed by atoms with Gasteiger partial charge in [-0.25, -0.2) is 29.9 Å². The summed E-state index contributed by atoms with van der Waals surface area (Å²) in [5, 5.41) is 55.5. The molecule has 0 aliphatic carbocycles. The Balaban J connectivity index is -0.000000261. The summed E-state index contributed by atoms with van der Waals surface area (Å²) in [4.78, 5) is 30.6. The van der Waals surface area contributed by atoms with Crippen molar-refractivity contribution in [2.45, 2.75) is 173 Å². The molecule has 82 heavy (non-hydrogen) atoms. The van der Waals surface area contributed by atoms with Gasteiger partial charge >= 0.3 is 0 Å². The minimum absolute atomic E-state index is 0.623. The molecule has 0 aliphatic rings. The number of aryl methyl sites for hydroxylation is 17. The summed E-state index contributed by atoms with van der Waals surface area (Å²) >= 11 is 4.51. The van der Waals surface area contributed by atoms with Crippen molar-refractivity contribution in [3.63, 3.8) is 0 Å². The summed E-state index contributed by atoms with van der Waals surface area (Å²) in [6.45, 7) is 47.8. The van der Waals surface area contributed by atoms with E-state index in [9.17, 15) is 0 Å². The molecule has 0 bridgehead atoms. The van der Waals surface area contributed by atoms with Crippen molar-refractivity contribution in [1.29, 1.82) is 0 Å². The fourth-order valence-corrected chi connectivity index (χ4v) is 5.26. The largest absolute Gasteiger partial charge is 0.426 e. The zero-order chi connectivity index (χ0) is 63.7. The van der Waals surface area contributed by atoms with E-state index in [1.165, 1.54) is 48.4 Å². The highest BCUT2D eigenvalue weighted by atomic mass is 32.1. The standard InChI is InChI=1S/3C4H6N2O.3C4H6N2S.5C3H5N3.5C2H6/c1-3-5-6-4(2)7-3;2*1-3-5-4(2)7-6-3;1-3-5-6-4(2)7-3;2*1-3-5-4(2)7-6-3;1-6-2-4-5-3-6;1-6-3-4-2-5-6;3*1-3-4-2-5-6-3;5*1-2/h6*1-2H3;2*2-3H,1H3;3*2H,1H3,(H,4,5,6);5*1-2H3. The molecule has 0 aromatic carbocycles. The van der Waals surface area contributed by atoms with Gasteiger partial charge in [-0.05, 0) is 99.2 Å². The Hall–Kier alpha value is -8.20. The van der Waals surface area contributed by atoms with Gasteiger partial charge in [0.2, 0.25) is 23.6 Å². The molecule has 11 rings (SSSR count). The molecule has 0 fully saturated rings. The van der Waals surface area contributed by atoms with Crippen LogP contribution in [-0.2, 0) is 14.1 Å². The molecular weight excluding hydrogens is 1110 g/mol. The molecule has 0 saturated heterocycles. The van der Waals surface area contributed by atoms with Crippen molar-refractivity contribution in [1.82, 2.24) is 134 Å². The summed E-state index contributed by atoms with van der Waals surface area (Å²) in [7, 11) is 3.70. The molecule has 0 atom stereocenters. The highest BCUT2D eigenvalue weighted by molar-refractivity contribution is 7.11. The first-order valence-corrected chi connectivity index (χ1v) is 28.2. The van der Waals surface area contributed by atoms with E-state index in [1.54, 1.807) is 81.1 Å². The molecule has 11 heterocycles. The molecule has 0 amide bonds. The molecule has 0 unspecified atom stereocenters. The van der Waals surface area contributed by atoms with E-state index < -0.39 is 0 Å². The minimum Gasteiger partial charge on any atom is -0.426 e. The quantitative estimate of drug-likeness (QED) is 0.127. The second kappa shape index (κ2) is 57.5. The van der Waals surface area contributed by atoms with Gasteiger partial charge in [0, 0.05) is 41.8 Å². The summed E-state index contributed by atoms with van der Waals surface area (Å²) < 4.78 is 25.4. The first-order valence-electron chi connectivity index (χ1n) is 25.8. The maximum Gasteiger partial charge on any atom is 0.223 e. The van der Waals surface area contributed by atoms with E-state index in [-0.39, 0.29) is 0 Å². The molecule has 0 aliphatic heterocycles. The first kappa shape index (κ1) is 82.6. The zero-order valence-corrected chi connectivity index (χ0v) is 55.7. The van der Waals surface area contributed by atoms with Crippen LogP contribution in [0.25, 0.3) is 0 Å². The molecule has 3 N–H and O–H groups in total. The zero-order valence-electron chi connectivity index (χ0n) is 53.2. The fraction of sp³-hybridized carbons (Fsp3) is 0.551. The second-order valence-electron chi connectivity index (χ2n) is 13.5. The number of nitrogens with zero attached hydrogens (tertiary/aromatic N) is 24. The molecule has 11 aromatic heterocycles. The number of nitrogens with one attached hydrogen (secondary N) is 3. The highest BCUT2D eigenvalue weighted by Gasteiger charge is 1.93. The summed E-state index contributed by atoms with van der Waals surface area (Å²) in [6, 6.07) is 0. The van der Waals surface area contributed by atoms with Crippen LogP contribution in [0.3, 0.4) is 0 Å². The van der Waals surface area contributed by atoms with Gasteiger partial charge in [0.05, 0.1) is 0 Å². The number of hydrogen-bond acceptors (Lipinski definition) is 28. The van der Waals surface area contributed by atoms with Gasteiger partial charge in [0.15, 0.2) is 11.6 Å². The Morgan fingerprint density at radius 2 is 0.756 bits per heavy atom. The average Bonchev–Trinajstić information content (AvgIpc) is 4.27. The molecular formula is C49H91N27O3S3. The number of aromatic nitrogens is 27. The van der Waals surface area contributed by atoms with Crippen molar-refractivity contribution in [3.8, 4) is 0 Å². The molecule has 11 aromatic rings. The number of rotatable bonds is 0. The van der Waals surface area contributed by atoms with E-state index in [1.807, 2.05) is 146 Å². The lowest BCUT2D eigenvalue weighted by molar-refractivity contribution is 0.389. The van der Waals surface area contributed by atoms with Gasteiger partial charge < -0.3 is 18.0 Å². The van der Waals surface area contributed by atoms with Gasteiger partial charge in [-0.1, -0.05) is 79.6 Å². The monoisotopic (exact) mass is 1200 g/mol. The lowest BCUT2D eigenvalue weighted by atomic mass is 10.7. The van der Waals surface area contributed by atoms with Gasteiger partial charge in [-0.15, -0.1) is 41.9 Å². The summed E-state index contributed by atoms with van der Waals surface area (Å²) in [5.74, 6) is 8.20. The maximum atomic E-state index is 4.86. The van der Waals surface area contributed by atoms with Gasteiger partial charge in [-0.2, -0.15) is 39.1 Å². The van der Waals surface area contributed by atoms with Crippen LogP contribution in [0.1, 0.15) is 154 Å². The molecule has 458 valence electrons. The van der Waals surface area contributed by atoms with E-state index in [0.29, 0.717) is 35.2 Å². The Morgan fingerprint density at radius 3 is 0.841 bits per heavy atom. The van der Waals surface area contributed by atoms with Crippen LogP contribution in [-0.4, -0.2) is 134 Å². The highest BCUT2D eigenvalue weighted by Crippen LogP contribution is 2.04. The van der Waals surface area contributed by atoms with E-state index in [2.05, 4.69) is 134 Å². The van der Waals surface area contributed by atoms with Crippen LogP contribution in [0.2, 0.25) is 0 Å². The van der Waals surface area contributed by atoms with Crippen LogP contribution < -0.4 is 0 Å². The third-order valence-corrected chi connectivity index (χ3v) is 8.62. The second-order valence-corrected chi connectivity index (χ2v) is 16.8.